The van der Waals surface area contributed by atoms with Crippen molar-refractivity contribution in [2.75, 3.05) is 27.8 Å². The molecule has 96 valence electrons. The SMILES string of the molecule is COc1ccc(CC(C)CN(C)O)cc1OC. The van der Waals surface area contributed by atoms with E-state index in [1.807, 2.05) is 18.2 Å². The number of benzene rings is 1. The molecule has 1 N–H and O–H groups in total. The van der Waals surface area contributed by atoms with Gasteiger partial charge in [0.25, 0.3) is 0 Å². The summed E-state index contributed by atoms with van der Waals surface area (Å²) in [5.74, 6) is 1.86. The van der Waals surface area contributed by atoms with Crippen molar-refractivity contribution in [1.82, 2.24) is 5.06 Å². The van der Waals surface area contributed by atoms with Gasteiger partial charge in [-0.1, -0.05) is 13.0 Å². The molecule has 1 unspecified atom stereocenters. The molecular formula is C13H21NO3. The Labute approximate surface area is 103 Å². The van der Waals surface area contributed by atoms with Gasteiger partial charge in [-0.15, -0.1) is 0 Å². The normalized spacial score (nSPS) is 12.6. The average Bonchev–Trinajstić information content (AvgIpc) is 2.27. The molecule has 0 fully saturated rings. The van der Waals surface area contributed by atoms with Gasteiger partial charge in [-0.25, -0.2) is 0 Å². The molecule has 0 aromatic heterocycles. The number of rotatable bonds is 6. The molecule has 0 saturated carbocycles. The molecule has 1 aromatic carbocycles. The molecule has 0 amide bonds. The number of hydroxylamine groups is 2. The van der Waals surface area contributed by atoms with E-state index in [-0.39, 0.29) is 0 Å². The molecular weight excluding hydrogens is 218 g/mol. The van der Waals surface area contributed by atoms with Gasteiger partial charge in [-0.3, -0.25) is 0 Å². The topological polar surface area (TPSA) is 41.9 Å². The lowest BCUT2D eigenvalue weighted by atomic mass is 10.0. The molecule has 0 spiro atoms. The maximum absolute atomic E-state index is 9.17. The third-order valence-corrected chi connectivity index (χ3v) is 2.61. The summed E-state index contributed by atoms with van der Waals surface area (Å²) in [5, 5.41) is 10.4. The van der Waals surface area contributed by atoms with E-state index in [4.69, 9.17) is 9.47 Å². The van der Waals surface area contributed by atoms with Crippen molar-refractivity contribution in [3.63, 3.8) is 0 Å². The van der Waals surface area contributed by atoms with Crippen LogP contribution < -0.4 is 9.47 Å². The Balaban J connectivity index is 2.72. The van der Waals surface area contributed by atoms with Crippen molar-refractivity contribution in [2.24, 2.45) is 5.92 Å². The second-order valence-electron chi connectivity index (χ2n) is 4.34. The Morgan fingerprint density at radius 2 is 1.88 bits per heavy atom. The lowest BCUT2D eigenvalue weighted by molar-refractivity contribution is -0.0743. The number of ether oxygens (including phenoxy) is 2. The third kappa shape index (κ3) is 4.24. The van der Waals surface area contributed by atoms with Crippen molar-refractivity contribution >= 4 is 0 Å². The summed E-state index contributed by atoms with van der Waals surface area (Å²) >= 11 is 0. The van der Waals surface area contributed by atoms with E-state index in [2.05, 4.69) is 6.92 Å². The Kier molecular flexibility index (Phi) is 5.25. The molecule has 4 nitrogen and oxygen atoms in total. The van der Waals surface area contributed by atoms with Crippen LogP contribution in [0.4, 0.5) is 0 Å². The second kappa shape index (κ2) is 6.47. The van der Waals surface area contributed by atoms with E-state index in [0.717, 1.165) is 17.9 Å². The van der Waals surface area contributed by atoms with Crippen molar-refractivity contribution in [1.29, 1.82) is 0 Å². The van der Waals surface area contributed by atoms with Gasteiger partial charge in [-0.2, -0.15) is 5.06 Å². The lowest BCUT2D eigenvalue weighted by Gasteiger charge is -2.16. The molecule has 1 rings (SSSR count). The van der Waals surface area contributed by atoms with Crippen LogP contribution in [0.3, 0.4) is 0 Å². The molecule has 0 aliphatic rings. The summed E-state index contributed by atoms with van der Waals surface area (Å²) in [6.45, 7) is 2.75. The van der Waals surface area contributed by atoms with E-state index < -0.39 is 0 Å². The van der Waals surface area contributed by atoms with Gasteiger partial charge >= 0.3 is 0 Å². The zero-order valence-electron chi connectivity index (χ0n) is 10.9. The van der Waals surface area contributed by atoms with Crippen molar-refractivity contribution in [3.05, 3.63) is 23.8 Å². The summed E-state index contributed by atoms with van der Waals surface area (Å²) in [5.41, 5.74) is 1.18. The molecule has 1 atom stereocenters. The van der Waals surface area contributed by atoms with Crippen LogP contribution >= 0.6 is 0 Å². The van der Waals surface area contributed by atoms with Crippen LogP contribution in [0.25, 0.3) is 0 Å². The van der Waals surface area contributed by atoms with E-state index in [0.29, 0.717) is 12.5 Å². The van der Waals surface area contributed by atoms with Crippen LogP contribution in [0, 0.1) is 5.92 Å². The van der Waals surface area contributed by atoms with Crippen LogP contribution in [0.15, 0.2) is 18.2 Å². The van der Waals surface area contributed by atoms with Crippen molar-refractivity contribution in [3.8, 4) is 11.5 Å². The number of hydrogen-bond acceptors (Lipinski definition) is 4. The van der Waals surface area contributed by atoms with Crippen LogP contribution in [-0.4, -0.2) is 38.1 Å². The number of nitrogens with zero attached hydrogens (tertiary/aromatic N) is 1. The fraction of sp³-hybridized carbons (Fsp3) is 0.538. The molecule has 0 aliphatic heterocycles. The highest BCUT2D eigenvalue weighted by atomic mass is 16.5. The number of methoxy groups -OCH3 is 2. The van der Waals surface area contributed by atoms with Gasteiger partial charge in [0, 0.05) is 13.6 Å². The Morgan fingerprint density at radius 1 is 1.24 bits per heavy atom. The Bertz CT molecular complexity index is 353. The fourth-order valence-corrected chi connectivity index (χ4v) is 1.93. The summed E-state index contributed by atoms with van der Waals surface area (Å²) in [6.07, 6.45) is 0.894. The standard InChI is InChI=1S/C13H21NO3/c1-10(9-14(2)15)7-11-5-6-12(16-3)13(8-11)17-4/h5-6,8,10,15H,7,9H2,1-4H3. The van der Waals surface area contributed by atoms with Gasteiger partial charge in [-0.05, 0) is 30.0 Å². The third-order valence-electron chi connectivity index (χ3n) is 2.61. The van der Waals surface area contributed by atoms with Gasteiger partial charge in [0.2, 0.25) is 0 Å². The van der Waals surface area contributed by atoms with Gasteiger partial charge in [0.15, 0.2) is 11.5 Å². The highest BCUT2D eigenvalue weighted by molar-refractivity contribution is 5.42. The first kappa shape index (κ1) is 13.8. The highest BCUT2D eigenvalue weighted by Crippen LogP contribution is 2.28. The predicted molar refractivity (Wildman–Crippen MR) is 66.8 cm³/mol. The minimum absolute atomic E-state index is 0.378. The first-order valence-corrected chi connectivity index (χ1v) is 5.67. The van der Waals surface area contributed by atoms with Gasteiger partial charge in [0.1, 0.15) is 0 Å². The fourth-order valence-electron chi connectivity index (χ4n) is 1.93. The van der Waals surface area contributed by atoms with Crippen molar-refractivity contribution in [2.45, 2.75) is 13.3 Å². The molecule has 0 heterocycles. The lowest BCUT2D eigenvalue weighted by Crippen LogP contribution is -2.21. The molecule has 4 heteroatoms. The van der Waals surface area contributed by atoms with E-state index >= 15 is 0 Å². The largest absolute Gasteiger partial charge is 0.493 e. The monoisotopic (exact) mass is 239 g/mol. The minimum Gasteiger partial charge on any atom is -0.493 e. The van der Waals surface area contributed by atoms with Gasteiger partial charge < -0.3 is 14.7 Å². The minimum atomic E-state index is 0.378. The van der Waals surface area contributed by atoms with E-state index in [1.54, 1.807) is 21.3 Å². The van der Waals surface area contributed by atoms with Crippen LogP contribution in [0.1, 0.15) is 12.5 Å². The average molecular weight is 239 g/mol. The zero-order chi connectivity index (χ0) is 12.8. The van der Waals surface area contributed by atoms with Crippen LogP contribution in [0.2, 0.25) is 0 Å². The summed E-state index contributed by atoms with van der Waals surface area (Å²) in [6, 6.07) is 5.91. The zero-order valence-corrected chi connectivity index (χ0v) is 10.9. The van der Waals surface area contributed by atoms with Crippen molar-refractivity contribution < 1.29 is 14.7 Å². The summed E-state index contributed by atoms with van der Waals surface area (Å²) in [4.78, 5) is 0. The summed E-state index contributed by atoms with van der Waals surface area (Å²) in [7, 11) is 4.92. The smallest absolute Gasteiger partial charge is 0.160 e. The molecule has 0 radical (unpaired) electrons. The van der Waals surface area contributed by atoms with E-state index in [1.165, 1.54) is 10.6 Å². The molecule has 1 aromatic rings. The molecule has 0 saturated heterocycles. The Morgan fingerprint density at radius 3 is 2.41 bits per heavy atom. The van der Waals surface area contributed by atoms with Crippen LogP contribution in [-0.2, 0) is 6.42 Å². The summed E-state index contributed by atoms with van der Waals surface area (Å²) < 4.78 is 10.4. The first-order valence-electron chi connectivity index (χ1n) is 5.67. The Hall–Kier alpha value is -1.26. The number of hydrogen-bond donors (Lipinski definition) is 1. The molecule has 0 bridgehead atoms. The first-order chi connectivity index (χ1) is 8.06. The van der Waals surface area contributed by atoms with Crippen LogP contribution in [0.5, 0.6) is 11.5 Å². The molecule has 0 aliphatic carbocycles. The molecule has 17 heavy (non-hydrogen) atoms. The predicted octanol–water partition coefficient (Wildman–Crippen LogP) is 2.20. The maximum atomic E-state index is 9.17. The highest BCUT2D eigenvalue weighted by Gasteiger charge is 2.09. The maximum Gasteiger partial charge on any atom is 0.160 e. The second-order valence-corrected chi connectivity index (χ2v) is 4.34. The van der Waals surface area contributed by atoms with Gasteiger partial charge in [0.05, 0.1) is 14.2 Å². The van der Waals surface area contributed by atoms with E-state index in [9.17, 15) is 5.21 Å². The quantitative estimate of drug-likeness (QED) is 0.773.